The van der Waals surface area contributed by atoms with Crippen LogP contribution in [0.5, 0.6) is 11.5 Å². The average Bonchev–Trinajstić information content (AvgIpc) is 2.77. The van der Waals surface area contributed by atoms with E-state index in [0.717, 1.165) is 33.7 Å². The van der Waals surface area contributed by atoms with Crippen LogP contribution < -0.4 is 10.1 Å². The van der Waals surface area contributed by atoms with E-state index in [1.807, 2.05) is 36.4 Å². The van der Waals surface area contributed by atoms with E-state index in [1.165, 1.54) is 13.2 Å². The number of anilines is 1. The molecular formula is C26H24N2O5. The lowest BCUT2D eigenvalue weighted by atomic mass is 9.67. The van der Waals surface area contributed by atoms with Crippen LogP contribution in [0.4, 0.5) is 11.4 Å². The molecule has 0 fully saturated rings. The second-order valence-electron chi connectivity index (χ2n) is 9.46. The summed E-state index contributed by atoms with van der Waals surface area (Å²) in [7, 11) is 1.39. The minimum Gasteiger partial charge on any atom is -0.504 e. The van der Waals surface area contributed by atoms with Crippen LogP contribution in [0.1, 0.15) is 43.9 Å². The Hall–Kier alpha value is -3.87. The Bertz CT molecular complexity index is 1370. The number of nitro groups is 1. The van der Waals surface area contributed by atoms with Gasteiger partial charge in [0.2, 0.25) is 0 Å². The molecule has 1 heterocycles. The van der Waals surface area contributed by atoms with E-state index in [0.29, 0.717) is 18.4 Å². The van der Waals surface area contributed by atoms with Gasteiger partial charge in [0, 0.05) is 23.2 Å². The van der Waals surface area contributed by atoms with Crippen LogP contribution in [0.2, 0.25) is 0 Å². The Morgan fingerprint density at radius 3 is 2.64 bits per heavy atom. The summed E-state index contributed by atoms with van der Waals surface area (Å²) in [5, 5.41) is 27.6. The first-order valence-electron chi connectivity index (χ1n) is 10.8. The lowest BCUT2D eigenvalue weighted by Gasteiger charge is -2.40. The number of hydrogen-bond donors (Lipinski definition) is 2. The number of nitrogens with one attached hydrogen (secondary N) is 1. The lowest BCUT2D eigenvalue weighted by Crippen LogP contribution is -2.33. The minimum atomic E-state index is -0.729. The molecule has 168 valence electrons. The van der Waals surface area contributed by atoms with Crippen molar-refractivity contribution in [2.75, 3.05) is 12.4 Å². The molecule has 2 aliphatic rings. The molecule has 5 rings (SSSR count). The van der Waals surface area contributed by atoms with Gasteiger partial charge < -0.3 is 15.2 Å². The van der Waals surface area contributed by atoms with Gasteiger partial charge in [-0.2, -0.15) is 0 Å². The van der Waals surface area contributed by atoms with Gasteiger partial charge in [-0.3, -0.25) is 14.9 Å². The summed E-state index contributed by atoms with van der Waals surface area (Å²) in [5.41, 5.74) is 3.07. The Morgan fingerprint density at radius 1 is 1.15 bits per heavy atom. The van der Waals surface area contributed by atoms with Crippen LogP contribution in [0.25, 0.3) is 16.3 Å². The molecule has 3 aromatic rings. The third-order valence-electron chi connectivity index (χ3n) is 6.58. The van der Waals surface area contributed by atoms with Gasteiger partial charge >= 0.3 is 0 Å². The summed E-state index contributed by atoms with van der Waals surface area (Å²) >= 11 is 0. The number of Topliss-reactive ketones (excluding diaryl/α,β-unsaturated/α-hetero) is 1. The maximum absolute atomic E-state index is 13.5. The molecule has 7 heteroatoms. The lowest BCUT2D eigenvalue weighted by molar-refractivity contribution is -0.385. The Kier molecular flexibility index (Phi) is 4.67. The second-order valence-corrected chi connectivity index (χ2v) is 9.46. The third kappa shape index (κ3) is 3.31. The van der Waals surface area contributed by atoms with Crippen LogP contribution >= 0.6 is 0 Å². The highest BCUT2D eigenvalue weighted by Gasteiger charge is 2.42. The van der Waals surface area contributed by atoms with Gasteiger partial charge in [-0.05, 0) is 40.3 Å². The number of allylic oxidation sites excluding steroid dienone is 1. The van der Waals surface area contributed by atoms with E-state index in [1.54, 1.807) is 0 Å². The molecule has 0 radical (unpaired) electrons. The molecule has 2 N–H and O–H groups in total. The zero-order chi connectivity index (χ0) is 23.5. The van der Waals surface area contributed by atoms with E-state index in [9.17, 15) is 20.0 Å². The van der Waals surface area contributed by atoms with E-state index in [2.05, 4.69) is 19.2 Å². The quantitative estimate of drug-likeness (QED) is 0.393. The van der Waals surface area contributed by atoms with E-state index in [-0.39, 0.29) is 33.9 Å². The summed E-state index contributed by atoms with van der Waals surface area (Å²) < 4.78 is 5.23. The van der Waals surface area contributed by atoms with Crippen LogP contribution in [0.15, 0.2) is 54.1 Å². The van der Waals surface area contributed by atoms with Crippen molar-refractivity contribution in [1.29, 1.82) is 0 Å². The number of ether oxygens (including phenoxy) is 1. The Balaban J connectivity index is 1.83. The number of phenolic OH excluding ortho intramolecular Hbond substituents is 1. The van der Waals surface area contributed by atoms with Crippen molar-refractivity contribution in [3.63, 3.8) is 0 Å². The topological polar surface area (TPSA) is 102 Å². The summed E-state index contributed by atoms with van der Waals surface area (Å²) in [6, 6.07) is 13.8. The van der Waals surface area contributed by atoms with Crippen LogP contribution in [-0.4, -0.2) is 22.9 Å². The predicted molar refractivity (Wildman–Crippen MR) is 127 cm³/mol. The standard InChI is InChI=1S/C26H24N2O5/c1-26(2)12-17-23-15-7-5-4-6-14(15)8-9-18(23)27-25(24(17)21(30)13-26)16-10-22(33-3)20(29)11-19(16)28(31)32/h4-11,25,27,29H,12-13H2,1-3H3. The molecule has 33 heavy (non-hydrogen) atoms. The molecular weight excluding hydrogens is 420 g/mol. The number of phenols is 1. The van der Waals surface area contributed by atoms with Crippen LogP contribution in [0, 0.1) is 15.5 Å². The van der Waals surface area contributed by atoms with Crippen molar-refractivity contribution in [1.82, 2.24) is 0 Å². The molecule has 1 aliphatic carbocycles. The molecule has 0 saturated carbocycles. The number of benzene rings is 3. The van der Waals surface area contributed by atoms with E-state index >= 15 is 0 Å². The molecule has 0 aromatic heterocycles. The van der Waals surface area contributed by atoms with Gasteiger partial charge in [-0.15, -0.1) is 0 Å². The first kappa shape index (κ1) is 21.0. The Morgan fingerprint density at radius 2 is 1.91 bits per heavy atom. The normalized spacial score (nSPS) is 19.0. The molecule has 7 nitrogen and oxygen atoms in total. The monoisotopic (exact) mass is 444 g/mol. The third-order valence-corrected chi connectivity index (χ3v) is 6.58. The maximum atomic E-state index is 13.5. The number of fused-ring (bicyclic) bond motifs is 4. The SMILES string of the molecule is COc1cc(C2Nc3ccc4ccccc4c3C3=C2C(=O)CC(C)(C)C3)c([N+](=O)[O-])cc1O. The Labute approximate surface area is 190 Å². The zero-order valence-electron chi connectivity index (χ0n) is 18.6. The van der Waals surface area contributed by atoms with Crippen molar-refractivity contribution in [3.05, 3.63) is 75.3 Å². The fourth-order valence-corrected chi connectivity index (χ4v) is 5.20. The molecule has 1 aliphatic heterocycles. The van der Waals surface area contributed by atoms with Crippen molar-refractivity contribution in [3.8, 4) is 11.5 Å². The smallest absolute Gasteiger partial charge is 0.279 e. The number of nitro benzene ring substituents is 1. The highest BCUT2D eigenvalue weighted by Crippen LogP contribution is 2.53. The number of ketones is 1. The molecule has 1 atom stereocenters. The van der Waals surface area contributed by atoms with Gasteiger partial charge in [0.25, 0.3) is 5.69 Å². The van der Waals surface area contributed by atoms with Crippen LogP contribution in [0.3, 0.4) is 0 Å². The first-order valence-corrected chi connectivity index (χ1v) is 10.8. The van der Waals surface area contributed by atoms with Crippen molar-refractivity contribution in [2.45, 2.75) is 32.7 Å². The number of aromatic hydroxyl groups is 1. The van der Waals surface area contributed by atoms with Gasteiger partial charge in [0.15, 0.2) is 17.3 Å². The van der Waals surface area contributed by atoms with E-state index < -0.39 is 11.0 Å². The fraction of sp³-hybridized carbons (Fsp3) is 0.269. The summed E-state index contributed by atoms with van der Waals surface area (Å²) in [4.78, 5) is 24.9. The molecule has 0 saturated heterocycles. The van der Waals surface area contributed by atoms with Gasteiger partial charge in [0.05, 0.1) is 29.7 Å². The molecule has 0 bridgehead atoms. The van der Waals surface area contributed by atoms with Crippen molar-refractivity contribution >= 4 is 33.5 Å². The second kappa shape index (κ2) is 7.33. The molecule has 0 amide bonds. The van der Waals surface area contributed by atoms with Crippen LogP contribution in [-0.2, 0) is 4.79 Å². The molecule has 3 aromatic carbocycles. The molecule has 1 unspecified atom stereocenters. The van der Waals surface area contributed by atoms with Gasteiger partial charge in [0.1, 0.15) is 0 Å². The maximum Gasteiger partial charge on any atom is 0.279 e. The number of rotatable bonds is 3. The summed E-state index contributed by atoms with van der Waals surface area (Å²) in [6.07, 6.45) is 1.03. The van der Waals surface area contributed by atoms with E-state index in [4.69, 9.17) is 4.74 Å². The number of hydrogen-bond acceptors (Lipinski definition) is 6. The first-order chi connectivity index (χ1) is 15.7. The van der Waals surface area contributed by atoms with Crippen molar-refractivity contribution in [2.24, 2.45) is 5.41 Å². The highest BCUT2D eigenvalue weighted by atomic mass is 16.6. The highest BCUT2D eigenvalue weighted by molar-refractivity contribution is 6.13. The number of carbonyl (C=O) groups excluding carboxylic acids is 1. The average molecular weight is 444 g/mol. The number of carbonyl (C=O) groups is 1. The van der Waals surface area contributed by atoms with Gasteiger partial charge in [-0.25, -0.2) is 0 Å². The van der Waals surface area contributed by atoms with Gasteiger partial charge in [-0.1, -0.05) is 44.2 Å². The zero-order valence-corrected chi connectivity index (χ0v) is 18.6. The fourth-order valence-electron chi connectivity index (χ4n) is 5.20. The summed E-state index contributed by atoms with van der Waals surface area (Å²) in [5.74, 6) is -0.230. The minimum absolute atomic E-state index is 0.0290. The number of nitrogens with zero attached hydrogens (tertiary/aromatic N) is 1. The molecule has 0 spiro atoms. The van der Waals surface area contributed by atoms with Crippen molar-refractivity contribution < 1.29 is 19.6 Å². The predicted octanol–water partition coefficient (Wildman–Crippen LogP) is 5.77. The summed E-state index contributed by atoms with van der Waals surface area (Å²) in [6.45, 7) is 4.14. The number of methoxy groups -OCH3 is 1. The largest absolute Gasteiger partial charge is 0.504 e.